The fourth-order valence-electron chi connectivity index (χ4n) is 3.50. The summed E-state index contributed by atoms with van der Waals surface area (Å²) in [5.41, 5.74) is 1.52. The van der Waals surface area contributed by atoms with E-state index in [9.17, 15) is 9.59 Å². The number of amides is 1. The van der Waals surface area contributed by atoms with E-state index < -0.39 is 6.04 Å². The average Bonchev–Trinajstić information content (AvgIpc) is 3.12. The minimum absolute atomic E-state index is 0.212. The van der Waals surface area contributed by atoms with Gasteiger partial charge in [-0.05, 0) is 31.0 Å². The number of rotatable bonds is 5. The Hall–Kier alpha value is -2.51. The molecule has 5 nitrogen and oxygen atoms in total. The molecule has 29 heavy (non-hydrogen) atoms. The van der Waals surface area contributed by atoms with Gasteiger partial charge in [-0.1, -0.05) is 59.3 Å². The number of hydrogen-bond acceptors (Lipinski definition) is 4. The molecule has 0 aliphatic heterocycles. The summed E-state index contributed by atoms with van der Waals surface area (Å²) in [7, 11) is 0. The van der Waals surface area contributed by atoms with Crippen LogP contribution < -0.4 is 10.9 Å². The zero-order valence-corrected chi connectivity index (χ0v) is 18.5. The standard InChI is InChI=1S/C22H20BrN3O2S/c1-3-17(21(27)24-12-14-8-4-6-10-16(14)23)26-22(28)19-15-9-5-7-11-18(15)29-20(19)13(2)25-26/h4-11,17H,3,12H2,1-2H3,(H,24,27)/t17-/m1/s1. The van der Waals surface area contributed by atoms with Crippen molar-refractivity contribution in [1.29, 1.82) is 0 Å². The molecule has 4 aromatic rings. The predicted octanol–water partition coefficient (Wildman–Crippen LogP) is 4.95. The van der Waals surface area contributed by atoms with Gasteiger partial charge < -0.3 is 5.32 Å². The quantitative estimate of drug-likeness (QED) is 0.449. The summed E-state index contributed by atoms with van der Waals surface area (Å²) in [5, 5.41) is 9.02. The molecule has 1 atom stereocenters. The van der Waals surface area contributed by atoms with Gasteiger partial charge in [-0.3, -0.25) is 9.59 Å². The van der Waals surface area contributed by atoms with Crippen LogP contribution in [0.25, 0.3) is 20.2 Å². The van der Waals surface area contributed by atoms with Crippen LogP contribution in [0.4, 0.5) is 0 Å². The lowest BCUT2D eigenvalue weighted by Gasteiger charge is -2.18. The molecule has 0 saturated carbocycles. The summed E-state index contributed by atoms with van der Waals surface area (Å²) in [5.74, 6) is -0.212. The maximum absolute atomic E-state index is 13.3. The third kappa shape index (κ3) is 3.60. The van der Waals surface area contributed by atoms with Crippen molar-refractivity contribution in [3.63, 3.8) is 0 Å². The second kappa shape index (κ2) is 8.08. The molecule has 0 spiro atoms. The molecule has 4 rings (SSSR count). The summed E-state index contributed by atoms with van der Waals surface area (Å²) in [6.45, 7) is 4.16. The third-order valence-corrected chi connectivity index (χ3v) is 7.05. The highest BCUT2D eigenvalue weighted by Crippen LogP contribution is 2.33. The van der Waals surface area contributed by atoms with Gasteiger partial charge in [0.1, 0.15) is 6.04 Å². The van der Waals surface area contributed by atoms with Crippen molar-refractivity contribution in [3.8, 4) is 0 Å². The van der Waals surface area contributed by atoms with E-state index in [0.717, 1.165) is 30.5 Å². The number of carbonyl (C=O) groups is 1. The van der Waals surface area contributed by atoms with Crippen LogP contribution in [0.3, 0.4) is 0 Å². The molecule has 0 aliphatic rings. The number of hydrogen-bond donors (Lipinski definition) is 1. The first-order chi connectivity index (χ1) is 14.0. The summed E-state index contributed by atoms with van der Waals surface area (Å²) in [4.78, 5) is 26.2. The molecule has 2 heterocycles. The van der Waals surface area contributed by atoms with Crippen LogP contribution in [0, 0.1) is 6.92 Å². The molecular weight excluding hydrogens is 450 g/mol. The van der Waals surface area contributed by atoms with Gasteiger partial charge in [0.15, 0.2) is 0 Å². The Labute approximate surface area is 180 Å². The topological polar surface area (TPSA) is 64.0 Å². The molecule has 0 radical (unpaired) electrons. The van der Waals surface area contributed by atoms with E-state index >= 15 is 0 Å². The number of halogens is 1. The van der Waals surface area contributed by atoms with Crippen LogP contribution in [0.5, 0.6) is 0 Å². The van der Waals surface area contributed by atoms with Gasteiger partial charge in [-0.25, -0.2) is 4.68 Å². The Morgan fingerprint density at radius 1 is 1.21 bits per heavy atom. The average molecular weight is 470 g/mol. The molecule has 0 bridgehead atoms. The van der Waals surface area contributed by atoms with E-state index in [1.807, 2.05) is 62.4 Å². The van der Waals surface area contributed by atoms with Gasteiger partial charge in [0.05, 0.1) is 15.8 Å². The normalized spacial score (nSPS) is 12.4. The zero-order chi connectivity index (χ0) is 20.5. The number of fused-ring (bicyclic) bond motifs is 3. The Morgan fingerprint density at radius 2 is 1.93 bits per heavy atom. The minimum Gasteiger partial charge on any atom is -0.350 e. The summed E-state index contributed by atoms with van der Waals surface area (Å²) >= 11 is 5.06. The van der Waals surface area contributed by atoms with E-state index in [1.165, 1.54) is 4.68 Å². The molecule has 0 aliphatic carbocycles. The fourth-order valence-corrected chi connectivity index (χ4v) is 5.06. The minimum atomic E-state index is -0.660. The number of thiophene rings is 1. The van der Waals surface area contributed by atoms with Crippen LogP contribution in [-0.4, -0.2) is 15.7 Å². The van der Waals surface area contributed by atoms with Crippen molar-refractivity contribution in [2.45, 2.75) is 32.9 Å². The van der Waals surface area contributed by atoms with Crippen molar-refractivity contribution in [1.82, 2.24) is 15.1 Å². The van der Waals surface area contributed by atoms with Gasteiger partial charge in [0, 0.05) is 21.1 Å². The van der Waals surface area contributed by atoms with Gasteiger partial charge in [0.2, 0.25) is 5.91 Å². The highest BCUT2D eigenvalue weighted by atomic mass is 79.9. The first-order valence-corrected chi connectivity index (χ1v) is 11.0. The molecule has 7 heteroatoms. The fraction of sp³-hybridized carbons (Fsp3) is 0.227. The highest BCUT2D eigenvalue weighted by Gasteiger charge is 2.24. The van der Waals surface area contributed by atoms with Crippen molar-refractivity contribution in [2.24, 2.45) is 0 Å². The Kier molecular flexibility index (Phi) is 5.52. The second-order valence-corrected chi connectivity index (χ2v) is 8.78. The van der Waals surface area contributed by atoms with Crippen LogP contribution in [0.15, 0.2) is 57.8 Å². The molecule has 0 unspecified atom stereocenters. The maximum atomic E-state index is 13.3. The van der Waals surface area contributed by atoms with Gasteiger partial charge >= 0.3 is 0 Å². The Bertz CT molecular complexity index is 1280. The number of nitrogens with one attached hydrogen (secondary N) is 1. The molecular formula is C22H20BrN3O2S. The van der Waals surface area contributed by atoms with E-state index in [-0.39, 0.29) is 11.5 Å². The Morgan fingerprint density at radius 3 is 2.69 bits per heavy atom. The molecule has 2 aromatic heterocycles. The number of carbonyl (C=O) groups excluding carboxylic acids is 1. The first kappa shape index (κ1) is 19.8. The highest BCUT2D eigenvalue weighted by molar-refractivity contribution is 9.10. The van der Waals surface area contributed by atoms with Gasteiger partial charge in [-0.2, -0.15) is 5.10 Å². The van der Waals surface area contributed by atoms with Crippen molar-refractivity contribution < 1.29 is 4.79 Å². The summed E-state index contributed by atoms with van der Waals surface area (Å²) in [6, 6.07) is 14.9. The third-order valence-electron chi connectivity index (χ3n) is 5.00. The number of aromatic nitrogens is 2. The number of nitrogens with zero attached hydrogens (tertiary/aromatic N) is 2. The van der Waals surface area contributed by atoms with Crippen molar-refractivity contribution in [2.75, 3.05) is 0 Å². The van der Waals surface area contributed by atoms with E-state index in [0.29, 0.717) is 18.4 Å². The lowest BCUT2D eigenvalue weighted by molar-refractivity contribution is -0.125. The molecule has 0 fully saturated rings. The van der Waals surface area contributed by atoms with Crippen LogP contribution >= 0.6 is 27.3 Å². The first-order valence-electron chi connectivity index (χ1n) is 9.43. The summed E-state index contributed by atoms with van der Waals surface area (Å²) in [6.07, 6.45) is 0.474. The van der Waals surface area contributed by atoms with Crippen molar-refractivity contribution in [3.05, 3.63) is 74.6 Å². The zero-order valence-electron chi connectivity index (χ0n) is 16.1. The second-order valence-electron chi connectivity index (χ2n) is 6.87. The van der Waals surface area contributed by atoms with Crippen molar-refractivity contribution >= 4 is 53.3 Å². The molecule has 148 valence electrons. The number of aryl methyl sites for hydroxylation is 1. The smallest absolute Gasteiger partial charge is 0.276 e. The van der Waals surface area contributed by atoms with Crippen LogP contribution in [0.2, 0.25) is 0 Å². The van der Waals surface area contributed by atoms with E-state index in [2.05, 4.69) is 26.3 Å². The lowest BCUT2D eigenvalue weighted by Crippen LogP contribution is -2.38. The molecule has 2 aromatic carbocycles. The lowest BCUT2D eigenvalue weighted by atomic mass is 10.1. The maximum Gasteiger partial charge on any atom is 0.276 e. The van der Waals surface area contributed by atoms with Crippen LogP contribution in [-0.2, 0) is 11.3 Å². The molecule has 1 amide bonds. The van der Waals surface area contributed by atoms with Crippen LogP contribution in [0.1, 0.15) is 30.6 Å². The SMILES string of the molecule is CC[C@H](C(=O)NCc1ccccc1Br)n1nc(C)c2sc3ccccc3c2c1=O. The van der Waals surface area contributed by atoms with Gasteiger partial charge in [0.25, 0.3) is 5.56 Å². The molecule has 1 N–H and O–H groups in total. The number of benzene rings is 2. The van der Waals surface area contributed by atoms with Gasteiger partial charge in [-0.15, -0.1) is 11.3 Å². The van der Waals surface area contributed by atoms with E-state index in [4.69, 9.17) is 0 Å². The summed E-state index contributed by atoms with van der Waals surface area (Å²) < 4.78 is 4.22. The predicted molar refractivity (Wildman–Crippen MR) is 121 cm³/mol. The largest absolute Gasteiger partial charge is 0.350 e. The Balaban J connectivity index is 1.72. The monoisotopic (exact) mass is 469 g/mol. The van der Waals surface area contributed by atoms with E-state index in [1.54, 1.807) is 11.3 Å². The molecule has 0 saturated heterocycles.